The molecule has 0 N–H and O–H groups in total. The first-order valence-corrected chi connectivity index (χ1v) is 10.5. The van der Waals surface area contributed by atoms with Crippen LogP contribution >= 0.6 is 11.6 Å². The van der Waals surface area contributed by atoms with Gasteiger partial charge in [-0.3, -0.25) is 14.4 Å². The fraction of sp³-hybridized carbons (Fsp3) is 0.261. The number of rotatable bonds is 4. The predicted octanol–water partition coefficient (Wildman–Crippen LogP) is 3.83. The topological polar surface area (TPSA) is 67.7 Å². The first-order chi connectivity index (χ1) is 15.0. The third kappa shape index (κ3) is 3.77. The van der Waals surface area contributed by atoms with E-state index >= 15 is 0 Å². The summed E-state index contributed by atoms with van der Waals surface area (Å²) in [4.78, 5) is 29.3. The number of nitrogens with zero attached hydrogens (tertiary/aromatic N) is 4. The Kier molecular flexibility index (Phi) is 4.90. The van der Waals surface area contributed by atoms with E-state index in [1.165, 1.54) is 0 Å². The fourth-order valence-electron chi connectivity index (χ4n) is 4.28. The van der Waals surface area contributed by atoms with Crippen molar-refractivity contribution in [1.29, 1.82) is 0 Å². The van der Waals surface area contributed by atoms with Crippen molar-refractivity contribution < 1.29 is 14.3 Å². The molecule has 2 fully saturated rings. The number of likely N-dealkylation sites (tertiary alicyclic amines) is 1. The van der Waals surface area contributed by atoms with Gasteiger partial charge in [0.1, 0.15) is 0 Å². The van der Waals surface area contributed by atoms with Crippen LogP contribution in [0.1, 0.15) is 22.3 Å². The Labute approximate surface area is 184 Å². The van der Waals surface area contributed by atoms with E-state index in [0.717, 1.165) is 11.3 Å². The van der Waals surface area contributed by atoms with E-state index in [-0.39, 0.29) is 5.91 Å². The van der Waals surface area contributed by atoms with Crippen LogP contribution in [0.15, 0.2) is 67.0 Å². The van der Waals surface area contributed by atoms with Crippen molar-refractivity contribution in [2.75, 3.05) is 24.5 Å². The number of aromatic nitrogens is 2. The standard InChI is InChI=1S/C23H21ClN4O3/c24-18-6-8-19(9-7-18)28-16-23(31-22(28)30)10-13-26(15-23)21(29)20-5-2-1-4-17(20)14-27-12-3-11-25-27/h1-9,11-12H,10,13-16H2. The van der Waals surface area contributed by atoms with Crippen molar-refractivity contribution in [2.45, 2.75) is 18.6 Å². The smallest absolute Gasteiger partial charge is 0.415 e. The van der Waals surface area contributed by atoms with Crippen LogP contribution < -0.4 is 4.90 Å². The molecule has 2 aromatic carbocycles. The highest BCUT2D eigenvalue weighted by molar-refractivity contribution is 6.30. The van der Waals surface area contributed by atoms with Crippen molar-refractivity contribution >= 4 is 29.3 Å². The van der Waals surface area contributed by atoms with E-state index < -0.39 is 11.7 Å². The fourth-order valence-corrected chi connectivity index (χ4v) is 4.41. The second-order valence-corrected chi connectivity index (χ2v) is 8.39. The Morgan fingerprint density at radius 1 is 1.10 bits per heavy atom. The summed E-state index contributed by atoms with van der Waals surface area (Å²) in [6.07, 6.45) is 3.80. The number of benzene rings is 2. The van der Waals surface area contributed by atoms with Crippen molar-refractivity contribution in [3.63, 3.8) is 0 Å². The number of carbonyl (C=O) groups is 2. The zero-order chi connectivity index (χ0) is 21.4. The summed E-state index contributed by atoms with van der Waals surface area (Å²) in [6.45, 7) is 1.84. The normalized spacial score (nSPS) is 20.5. The molecule has 8 heteroatoms. The van der Waals surface area contributed by atoms with E-state index in [1.807, 2.05) is 36.5 Å². The Bertz CT molecular complexity index is 1120. The number of ether oxygens (including phenoxy) is 1. The molecule has 1 atom stereocenters. The van der Waals surface area contributed by atoms with Gasteiger partial charge in [-0.1, -0.05) is 29.8 Å². The number of hydrogen-bond acceptors (Lipinski definition) is 4. The average Bonchev–Trinajstić information content (AvgIpc) is 3.50. The molecule has 0 bridgehead atoms. The van der Waals surface area contributed by atoms with Crippen LogP contribution in [0.4, 0.5) is 10.5 Å². The van der Waals surface area contributed by atoms with Gasteiger partial charge in [0.2, 0.25) is 0 Å². The molecule has 2 aliphatic rings. The molecular weight excluding hydrogens is 416 g/mol. The van der Waals surface area contributed by atoms with Gasteiger partial charge in [0, 0.05) is 41.6 Å². The zero-order valence-electron chi connectivity index (χ0n) is 16.8. The van der Waals surface area contributed by atoms with Gasteiger partial charge in [0.25, 0.3) is 5.91 Å². The van der Waals surface area contributed by atoms with Gasteiger partial charge in [-0.25, -0.2) is 4.79 Å². The lowest BCUT2D eigenvalue weighted by Crippen LogP contribution is -2.39. The quantitative estimate of drug-likeness (QED) is 0.623. The molecule has 2 amide bonds. The third-order valence-corrected chi connectivity index (χ3v) is 6.10. The minimum atomic E-state index is -0.691. The molecule has 0 aliphatic carbocycles. The summed E-state index contributed by atoms with van der Waals surface area (Å²) >= 11 is 5.96. The molecule has 0 radical (unpaired) electrons. The van der Waals surface area contributed by atoms with Gasteiger partial charge in [-0.2, -0.15) is 5.10 Å². The van der Waals surface area contributed by atoms with Crippen LogP contribution in [0.25, 0.3) is 0 Å². The molecule has 158 valence electrons. The van der Waals surface area contributed by atoms with Gasteiger partial charge in [0.15, 0.2) is 5.60 Å². The molecule has 1 aromatic heterocycles. The first-order valence-electron chi connectivity index (χ1n) is 10.1. The lowest BCUT2D eigenvalue weighted by molar-refractivity contribution is 0.0553. The molecular formula is C23H21ClN4O3. The minimum absolute atomic E-state index is 0.0550. The number of carbonyl (C=O) groups excluding carboxylic acids is 2. The van der Waals surface area contributed by atoms with Crippen molar-refractivity contribution in [1.82, 2.24) is 14.7 Å². The summed E-state index contributed by atoms with van der Waals surface area (Å²) in [5, 5.41) is 4.85. The monoisotopic (exact) mass is 436 g/mol. The molecule has 2 aliphatic heterocycles. The molecule has 5 rings (SSSR count). The number of halogens is 1. The largest absolute Gasteiger partial charge is 0.439 e. The van der Waals surface area contributed by atoms with Gasteiger partial charge in [0.05, 0.1) is 19.6 Å². The lowest BCUT2D eigenvalue weighted by Gasteiger charge is -2.23. The van der Waals surface area contributed by atoms with Crippen LogP contribution in [0.5, 0.6) is 0 Å². The van der Waals surface area contributed by atoms with Crippen molar-refractivity contribution in [3.05, 3.63) is 83.1 Å². The molecule has 3 heterocycles. The highest BCUT2D eigenvalue weighted by atomic mass is 35.5. The minimum Gasteiger partial charge on any atom is -0.439 e. The van der Waals surface area contributed by atoms with Crippen LogP contribution in [0.2, 0.25) is 5.02 Å². The second kappa shape index (κ2) is 7.74. The third-order valence-electron chi connectivity index (χ3n) is 5.85. The maximum atomic E-state index is 13.3. The molecule has 1 unspecified atom stereocenters. The van der Waals surface area contributed by atoms with Crippen LogP contribution in [0, 0.1) is 0 Å². The molecule has 1 spiro atoms. The van der Waals surface area contributed by atoms with Crippen molar-refractivity contribution in [3.8, 4) is 0 Å². The van der Waals surface area contributed by atoms with Crippen LogP contribution in [-0.4, -0.2) is 51.9 Å². The Morgan fingerprint density at radius 3 is 2.68 bits per heavy atom. The van der Waals surface area contributed by atoms with Crippen LogP contribution in [-0.2, 0) is 11.3 Å². The summed E-state index contributed by atoms with van der Waals surface area (Å²) < 4.78 is 7.58. The molecule has 31 heavy (non-hydrogen) atoms. The number of amides is 2. The predicted molar refractivity (Wildman–Crippen MR) is 116 cm³/mol. The zero-order valence-corrected chi connectivity index (χ0v) is 17.5. The van der Waals surface area contributed by atoms with E-state index in [4.69, 9.17) is 16.3 Å². The SMILES string of the molecule is O=C(c1ccccc1Cn1cccn1)N1CCC2(C1)CN(c1ccc(Cl)cc1)C(=O)O2. The highest BCUT2D eigenvalue weighted by Gasteiger charge is 2.51. The van der Waals surface area contributed by atoms with Crippen LogP contribution in [0.3, 0.4) is 0 Å². The first kappa shape index (κ1) is 19.6. The average molecular weight is 437 g/mol. The second-order valence-electron chi connectivity index (χ2n) is 7.95. The van der Waals surface area contributed by atoms with E-state index in [9.17, 15) is 9.59 Å². The number of hydrogen-bond donors (Lipinski definition) is 0. The maximum Gasteiger partial charge on any atom is 0.415 e. The van der Waals surface area contributed by atoms with Gasteiger partial charge in [-0.15, -0.1) is 0 Å². The molecule has 2 saturated heterocycles. The lowest BCUT2D eigenvalue weighted by atomic mass is 10.0. The number of anilines is 1. The summed E-state index contributed by atoms with van der Waals surface area (Å²) in [7, 11) is 0. The molecule has 0 saturated carbocycles. The van der Waals surface area contributed by atoms with E-state index in [1.54, 1.807) is 44.9 Å². The van der Waals surface area contributed by atoms with E-state index in [2.05, 4.69) is 5.10 Å². The Balaban J connectivity index is 1.33. The van der Waals surface area contributed by atoms with Gasteiger partial charge in [-0.05, 0) is 42.0 Å². The van der Waals surface area contributed by atoms with Gasteiger partial charge >= 0.3 is 6.09 Å². The molecule has 7 nitrogen and oxygen atoms in total. The Hall–Kier alpha value is -3.32. The summed E-state index contributed by atoms with van der Waals surface area (Å²) in [6, 6.07) is 16.5. The Morgan fingerprint density at radius 2 is 1.90 bits per heavy atom. The summed E-state index contributed by atoms with van der Waals surface area (Å²) in [5.74, 6) is -0.0550. The van der Waals surface area contributed by atoms with Gasteiger partial charge < -0.3 is 9.64 Å². The van der Waals surface area contributed by atoms with Crippen molar-refractivity contribution in [2.24, 2.45) is 0 Å². The highest BCUT2D eigenvalue weighted by Crippen LogP contribution is 2.36. The van der Waals surface area contributed by atoms with E-state index in [0.29, 0.717) is 43.2 Å². The summed E-state index contributed by atoms with van der Waals surface area (Å²) in [5.41, 5.74) is 1.60. The molecule has 3 aromatic rings. The maximum absolute atomic E-state index is 13.3.